The summed E-state index contributed by atoms with van der Waals surface area (Å²) in [5.41, 5.74) is 1.75. The average molecular weight is 270 g/mol. The van der Waals surface area contributed by atoms with E-state index in [0.29, 0.717) is 18.0 Å². The first-order valence-corrected chi connectivity index (χ1v) is 6.97. The molecule has 0 aliphatic heterocycles. The van der Waals surface area contributed by atoms with E-state index in [9.17, 15) is 4.79 Å². The second kappa shape index (κ2) is 5.12. The molecule has 0 atom stereocenters. The van der Waals surface area contributed by atoms with Crippen LogP contribution in [0.25, 0.3) is 0 Å². The third-order valence-corrected chi connectivity index (χ3v) is 4.14. The Balaban J connectivity index is 1.69. The molecular formula is C16H18N2O2. The van der Waals surface area contributed by atoms with Crippen LogP contribution in [0.1, 0.15) is 41.1 Å². The van der Waals surface area contributed by atoms with Crippen LogP contribution in [0.5, 0.6) is 0 Å². The predicted molar refractivity (Wildman–Crippen MR) is 75.5 cm³/mol. The Hall–Kier alpha value is -2.10. The summed E-state index contributed by atoms with van der Waals surface area (Å²) in [5.74, 6) is 0.487. The lowest BCUT2D eigenvalue weighted by Crippen LogP contribution is -2.45. The zero-order valence-electron chi connectivity index (χ0n) is 11.6. The lowest BCUT2D eigenvalue weighted by Gasteiger charge is -2.42. The molecule has 1 aromatic heterocycles. The van der Waals surface area contributed by atoms with Gasteiger partial charge in [-0.15, -0.1) is 0 Å². The monoisotopic (exact) mass is 270 g/mol. The highest BCUT2D eigenvalue weighted by Gasteiger charge is 2.38. The third kappa shape index (κ3) is 2.33. The van der Waals surface area contributed by atoms with Gasteiger partial charge in [-0.05, 0) is 25.3 Å². The van der Waals surface area contributed by atoms with Gasteiger partial charge in [-0.2, -0.15) is 0 Å². The Morgan fingerprint density at radius 3 is 2.65 bits per heavy atom. The lowest BCUT2D eigenvalue weighted by molar-refractivity contribution is 0.0918. The van der Waals surface area contributed by atoms with Gasteiger partial charge in [-0.3, -0.25) is 4.79 Å². The van der Waals surface area contributed by atoms with Gasteiger partial charge in [0.2, 0.25) is 0 Å². The fraction of sp³-hybridized carbons (Fsp3) is 0.375. The van der Waals surface area contributed by atoms with Crippen molar-refractivity contribution in [2.75, 3.05) is 6.54 Å². The van der Waals surface area contributed by atoms with Crippen LogP contribution in [-0.4, -0.2) is 17.6 Å². The summed E-state index contributed by atoms with van der Waals surface area (Å²) in [7, 11) is 0. The molecule has 0 radical (unpaired) electrons. The number of aromatic nitrogens is 1. The van der Waals surface area contributed by atoms with E-state index in [0.717, 1.165) is 12.8 Å². The Labute approximate surface area is 118 Å². The molecule has 1 aromatic carbocycles. The van der Waals surface area contributed by atoms with Crippen molar-refractivity contribution < 1.29 is 9.32 Å². The number of rotatable bonds is 4. The number of carbonyl (C=O) groups excluding carboxylic acids is 1. The molecule has 1 fully saturated rings. The Morgan fingerprint density at radius 2 is 2.10 bits per heavy atom. The van der Waals surface area contributed by atoms with Crippen LogP contribution in [0.15, 0.2) is 40.9 Å². The minimum Gasteiger partial charge on any atom is -0.361 e. The molecule has 1 aliphatic carbocycles. The minimum atomic E-state index is -0.163. The molecule has 3 rings (SSSR count). The molecule has 1 amide bonds. The molecule has 2 aromatic rings. The summed E-state index contributed by atoms with van der Waals surface area (Å²) in [5, 5.41) is 6.74. The molecule has 1 heterocycles. The molecule has 0 spiro atoms. The van der Waals surface area contributed by atoms with Gasteiger partial charge in [0.1, 0.15) is 5.76 Å². The average Bonchev–Trinajstić information content (AvgIpc) is 2.85. The van der Waals surface area contributed by atoms with E-state index < -0.39 is 0 Å². The van der Waals surface area contributed by atoms with E-state index in [1.807, 2.05) is 6.07 Å². The SMILES string of the molecule is Cc1cc(C(=O)NCC2(c3ccccc3)CCC2)no1. The zero-order chi connectivity index (χ0) is 14.0. The maximum atomic E-state index is 12.0. The molecule has 1 aliphatic rings. The van der Waals surface area contributed by atoms with Gasteiger partial charge in [0.25, 0.3) is 5.91 Å². The van der Waals surface area contributed by atoms with Crippen molar-refractivity contribution in [3.05, 3.63) is 53.4 Å². The van der Waals surface area contributed by atoms with Crippen molar-refractivity contribution in [2.24, 2.45) is 0 Å². The number of aryl methyl sites for hydroxylation is 1. The van der Waals surface area contributed by atoms with Gasteiger partial charge in [0.15, 0.2) is 5.69 Å². The quantitative estimate of drug-likeness (QED) is 0.929. The van der Waals surface area contributed by atoms with Crippen LogP contribution in [-0.2, 0) is 5.41 Å². The fourth-order valence-corrected chi connectivity index (χ4v) is 2.78. The summed E-state index contributed by atoms with van der Waals surface area (Å²) >= 11 is 0. The number of carbonyl (C=O) groups is 1. The van der Waals surface area contributed by atoms with Gasteiger partial charge in [0, 0.05) is 18.0 Å². The molecule has 0 saturated heterocycles. The molecule has 104 valence electrons. The normalized spacial score (nSPS) is 16.4. The molecule has 1 saturated carbocycles. The lowest BCUT2D eigenvalue weighted by atomic mass is 9.64. The second-order valence-electron chi connectivity index (χ2n) is 5.51. The number of nitrogens with one attached hydrogen (secondary N) is 1. The smallest absolute Gasteiger partial charge is 0.273 e. The van der Waals surface area contributed by atoms with Crippen molar-refractivity contribution >= 4 is 5.91 Å². The van der Waals surface area contributed by atoms with E-state index in [2.05, 4.69) is 34.7 Å². The van der Waals surface area contributed by atoms with Crippen LogP contribution in [0.3, 0.4) is 0 Å². The summed E-state index contributed by atoms with van der Waals surface area (Å²) in [6, 6.07) is 12.1. The van der Waals surface area contributed by atoms with Crippen molar-refractivity contribution in [3.63, 3.8) is 0 Å². The van der Waals surface area contributed by atoms with Crippen LogP contribution >= 0.6 is 0 Å². The first-order valence-electron chi connectivity index (χ1n) is 6.97. The highest BCUT2D eigenvalue weighted by atomic mass is 16.5. The number of benzene rings is 1. The molecule has 0 unspecified atom stereocenters. The number of hydrogen-bond donors (Lipinski definition) is 1. The van der Waals surface area contributed by atoms with E-state index in [4.69, 9.17) is 4.52 Å². The van der Waals surface area contributed by atoms with Crippen LogP contribution < -0.4 is 5.32 Å². The van der Waals surface area contributed by atoms with E-state index in [1.54, 1.807) is 13.0 Å². The molecule has 0 bridgehead atoms. The molecular weight excluding hydrogens is 252 g/mol. The zero-order valence-corrected chi connectivity index (χ0v) is 11.6. The molecule has 20 heavy (non-hydrogen) atoms. The standard InChI is InChI=1S/C16H18N2O2/c1-12-10-14(18-20-12)15(19)17-11-16(8-5-9-16)13-6-3-2-4-7-13/h2-4,6-7,10H,5,8-9,11H2,1H3,(H,17,19). The molecule has 4 nitrogen and oxygen atoms in total. The Bertz CT molecular complexity index is 600. The minimum absolute atomic E-state index is 0.0930. The molecule has 4 heteroatoms. The first-order chi connectivity index (χ1) is 9.70. The van der Waals surface area contributed by atoms with Crippen molar-refractivity contribution in [1.29, 1.82) is 0 Å². The topological polar surface area (TPSA) is 55.1 Å². The summed E-state index contributed by atoms with van der Waals surface area (Å²) < 4.78 is 4.93. The number of hydrogen-bond acceptors (Lipinski definition) is 3. The summed E-state index contributed by atoms with van der Waals surface area (Å²) in [6.07, 6.45) is 3.46. The van der Waals surface area contributed by atoms with E-state index in [1.165, 1.54) is 12.0 Å². The fourth-order valence-electron chi connectivity index (χ4n) is 2.78. The van der Waals surface area contributed by atoms with Gasteiger partial charge in [-0.25, -0.2) is 0 Å². The first kappa shape index (κ1) is 12.9. The second-order valence-corrected chi connectivity index (χ2v) is 5.51. The van der Waals surface area contributed by atoms with Gasteiger partial charge in [0.05, 0.1) is 0 Å². The maximum absolute atomic E-state index is 12.0. The highest BCUT2D eigenvalue weighted by molar-refractivity contribution is 5.92. The van der Waals surface area contributed by atoms with E-state index in [-0.39, 0.29) is 11.3 Å². The molecule has 1 N–H and O–H groups in total. The van der Waals surface area contributed by atoms with Crippen LogP contribution in [0.4, 0.5) is 0 Å². The number of amides is 1. The highest BCUT2D eigenvalue weighted by Crippen LogP contribution is 2.43. The van der Waals surface area contributed by atoms with Crippen LogP contribution in [0.2, 0.25) is 0 Å². The van der Waals surface area contributed by atoms with Crippen molar-refractivity contribution in [3.8, 4) is 0 Å². The third-order valence-electron chi connectivity index (χ3n) is 4.14. The van der Waals surface area contributed by atoms with Crippen molar-refractivity contribution in [2.45, 2.75) is 31.6 Å². The van der Waals surface area contributed by atoms with E-state index >= 15 is 0 Å². The largest absolute Gasteiger partial charge is 0.361 e. The predicted octanol–water partition coefficient (Wildman–Crippen LogP) is 2.83. The van der Waals surface area contributed by atoms with Crippen molar-refractivity contribution in [1.82, 2.24) is 10.5 Å². The van der Waals surface area contributed by atoms with Gasteiger partial charge in [-0.1, -0.05) is 41.9 Å². The van der Waals surface area contributed by atoms with Gasteiger partial charge < -0.3 is 9.84 Å². The van der Waals surface area contributed by atoms with Gasteiger partial charge >= 0.3 is 0 Å². The summed E-state index contributed by atoms with van der Waals surface area (Å²) in [4.78, 5) is 12.0. The number of nitrogens with zero attached hydrogens (tertiary/aromatic N) is 1. The Kier molecular flexibility index (Phi) is 3.30. The summed E-state index contributed by atoms with van der Waals surface area (Å²) in [6.45, 7) is 2.43. The van der Waals surface area contributed by atoms with Crippen LogP contribution in [0, 0.1) is 6.92 Å². The maximum Gasteiger partial charge on any atom is 0.273 e. The Morgan fingerprint density at radius 1 is 1.35 bits per heavy atom.